The molecule has 104 valence electrons. The van der Waals surface area contributed by atoms with Crippen LogP contribution in [0.15, 0.2) is 35.4 Å². The number of nitrogens with zero attached hydrogens (tertiary/aromatic N) is 2. The van der Waals surface area contributed by atoms with Crippen LogP contribution >= 0.6 is 0 Å². The van der Waals surface area contributed by atoms with Gasteiger partial charge in [-0.05, 0) is 18.2 Å². The van der Waals surface area contributed by atoms with Gasteiger partial charge in [-0.3, -0.25) is 4.79 Å². The lowest BCUT2D eigenvalue weighted by atomic mass is 10.2. The van der Waals surface area contributed by atoms with E-state index in [1.165, 1.54) is 42.3 Å². The average molecular weight is 276 g/mol. The molecule has 0 amide bonds. The summed E-state index contributed by atoms with van der Waals surface area (Å²) >= 11 is 0. The van der Waals surface area contributed by atoms with Crippen molar-refractivity contribution >= 4 is 5.97 Å². The highest BCUT2D eigenvalue weighted by Gasteiger charge is 2.13. The lowest BCUT2D eigenvalue weighted by Crippen LogP contribution is -2.18. The number of aryl methyl sites for hydroxylation is 1. The Hall–Kier alpha value is -2.83. The summed E-state index contributed by atoms with van der Waals surface area (Å²) in [6.07, 6.45) is 2.89. The van der Waals surface area contributed by atoms with Crippen molar-refractivity contribution in [2.24, 2.45) is 7.05 Å². The second-order valence-corrected chi connectivity index (χ2v) is 3.92. The van der Waals surface area contributed by atoms with Gasteiger partial charge in [0.05, 0.1) is 12.7 Å². The molecule has 0 aliphatic rings. The number of carbonyl (C=O) groups is 1. The standard InChI is InChI=1S/C13H12N2O5/c1-15-6-5-14-11(12(15)16)20-10-7-8(13(17)18)3-4-9(10)19-2/h3-7H,1-2H3,(H,17,18). The maximum Gasteiger partial charge on any atom is 0.335 e. The van der Waals surface area contributed by atoms with E-state index in [1.54, 1.807) is 7.05 Å². The molecule has 0 saturated carbocycles. The van der Waals surface area contributed by atoms with Crippen molar-refractivity contribution in [1.29, 1.82) is 0 Å². The van der Waals surface area contributed by atoms with Gasteiger partial charge >= 0.3 is 11.5 Å². The molecule has 0 unspecified atom stereocenters. The van der Waals surface area contributed by atoms with Crippen LogP contribution in [0.5, 0.6) is 17.4 Å². The molecule has 0 fully saturated rings. The SMILES string of the molecule is COc1ccc(C(=O)O)cc1Oc1nccn(C)c1=O. The van der Waals surface area contributed by atoms with E-state index in [1.807, 2.05) is 0 Å². The fourth-order valence-corrected chi connectivity index (χ4v) is 1.54. The minimum Gasteiger partial charge on any atom is -0.493 e. The number of aromatic carboxylic acids is 1. The summed E-state index contributed by atoms with van der Waals surface area (Å²) in [5.74, 6) is -0.840. The second kappa shape index (κ2) is 5.43. The monoisotopic (exact) mass is 276 g/mol. The minimum absolute atomic E-state index is 0.0218. The first-order valence-corrected chi connectivity index (χ1v) is 5.63. The number of benzene rings is 1. The largest absolute Gasteiger partial charge is 0.493 e. The molecule has 1 aromatic heterocycles. The molecule has 0 saturated heterocycles. The first-order valence-electron chi connectivity index (χ1n) is 5.63. The second-order valence-electron chi connectivity index (χ2n) is 3.92. The highest BCUT2D eigenvalue weighted by molar-refractivity contribution is 5.88. The molecular weight excluding hydrogens is 264 g/mol. The highest BCUT2D eigenvalue weighted by atomic mass is 16.5. The Balaban J connectivity index is 2.46. The average Bonchev–Trinajstić information content (AvgIpc) is 2.43. The summed E-state index contributed by atoms with van der Waals surface area (Å²) < 4.78 is 11.7. The van der Waals surface area contributed by atoms with Crippen LogP contribution in [0.1, 0.15) is 10.4 Å². The molecular formula is C13H12N2O5. The van der Waals surface area contributed by atoms with Gasteiger partial charge in [-0.1, -0.05) is 0 Å². The number of rotatable bonds is 4. The summed E-state index contributed by atoms with van der Waals surface area (Å²) in [4.78, 5) is 26.6. The van der Waals surface area contributed by atoms with Crippen molar-refractivity contribution in [2.75, 3.05) is 7.11 Å². The third kappa shape index (κ3) is 2.61. The van der Waals surface area contributed by atoms with Crippen molar-refractivity contribution in [2.45, 2.75) is 0 Å². The fraction of sp³-hybridized carbons (Fsp3) is 0.154. The molecule has 2 aromatic rings. The normalized spacial score (nSPS) is 10.1. The number of aromatic nitrogens is 2. The number of hydrogen-bond acceptors (Lipinski definition) is 5. The van der Waals surface area contributed by atoms with Gasteiger partial charge in [0.25, 0.3) is 5.88 Å². The molecule has 20 heavy (non-hydrogen) atoms. The van der Waals surface area contributed by atoms with Gasteiger partial charge < -0.3 is 19.1 Å². The molecule has 0 spiro atoms. The van der Waals surface area contributed by atoms with Gasteiger partial charge in [-0.25, -0.2) is 9.78 Å². The Morgan fingerprint density at radius 2 is 2.10 bits per heavy atom. The van der Waals surface area contributed by atoms with Crippen molar-refractivity contribution < 1.29 is 19.4 Å². The van der Waals surface area contributed by atoms with E-state index in [4.69, 9.17) is 14.6 Å². The van der Waals surface area contributed by atoms with Crippen LogP contribution in [0.2, 0.25) is 0 Å². The lowest BCUT2D eigenvalue weighted by Gasteiger charge is -2.10. The van der Waals surface area contributed by atoms with E-state index in [9.17, 15) is 9.59 Å². The highest BCUT2D eigenvalue weighted by Crippen LogP contribution is 2.30. The van der Waals surface area contributed by atoms with Gasteiger partial charge in [0, 0.05) is 19.4 Å². The number of ether oxygens (including phenoxy) is 2. The quantitative estimate of drug-likeness (QED) is 0.904. The Bertz CT molecular complexity index is 708. The fourth-order valence-electron chi connectivity index (χ4n) is 1.54. The summed E-state index contributed by atoms with van der Waals surface area (Å²) in [6, 6.07) is 4.10. The molecule has 0 radical (unpaired) electrons. The van der Waals surface area contributed by atoms with Crippen molar-refractivity contribution in [1.82, 2.24) is 9.55 Å². The van der Waals surface area contributed by atoms with Gasteiger partial charge in [0.15, 0.2) is 11.5 Å². The molecule has 0 aliphatic carbocycles. The van der Waals surface area contributed by atoms with E-state index in [-0.39, 0.29) is 17.2 Å². The Kier molecular flexibility index (Phi) is 3.69. The molecule has 0 bridgehead atoms. The number of methoxy groups -OCH3 is 1. The van der Waals surface area contributed by atoms with Crippen LogP contribution in [0.4, 0.5) is 0 Å². The molecule has 7 heteroatoms. The predicted octanol–water partition coefficient (Wildman–Crippen LogP) is 1.28. The third-order valence-electron chi connectivity index (χ3n) is 2.60. The van der Waals surface area contributed by atoms with Crippen LogP contribution in [-0.2, 0) is 7.05 Å². The maximum absolute atomic E-state index is 11.8. The van der Waals surface area contributed by atoms with Gasteiger partial charge in [-0.2, -0.15) is 0 Å². The molecule has 1 heterocycles. The van der Waals surface area contributed by atoms with E-state index >= 15 is 0 Å². The van der Waals surface area contributed by atoms with E-state index < -0.39 is 11.5 Å². The first-order chi connectivity index (χ1) is 9.52. The molecule has 0 atom stereocenters. The molecule has 2 rings (SSSR count). The zero-order valence-corrected chi connectivity index (χ0v) is 10.9. The van der Waals surface area contributed by atoms with Gasteiger partial charge in [-0.15, -0.1) is 0 Å². The third-order valence-corrected chi connectivity index (χ3v) is 2.60. The van der Waals surface area contributed by atoms with E-state index in [0.717, 1.165) is 0 Å². The van der Waals surface area contributed by atoms with Crippen molar-refractivity contribution in [3.8, 4) is 17.4 Å². The van der Waals surface area contributed by atoms with Crippen molar-refractivity contribution in [3.63, 3.8) is 0 Å². The zero-order chi connectivity index (χ0) is 14.7. The summed E-state index contributed by atoms with van der Waals surface area (Å²) in [5.41, 5.74) is -0.413. The van der Waals surface area contributed by atoms with Crippen LogP contribution in [0, 0.1) is 0 Å². The zero-order valence-electron chi connectivity index (χ0n) is 10.9. The van der Waals surface area contributed by atoms with Crippen LogP contribution in [0.25, 0.3) is 0 Å². The van der Waals surface area contributed by atoms with E-state index in [0.29, 0.717) is 5.75 Å². The van der Waals surface area contributed by atoms with E-state index in [2.05, 4.69) is 4.98 Å². The topological polar surface area (TPSA) is 90.7 Å². The number of carboxylic acids is 1. The lowest BCUT2D eigenvalue weighted by molar-refractivity contribution is 0.0696. The predicted molar refractivity (Wildman–Crippen MR) is 69.5 cm³/mol. The molecule has 7 nitrogen and oxygen atoms in total. The minimum atomic E-state index is -1.11. The van der Waals surface area contributed by atoms with Gasteiger partial charge in [0.1, 0.15) is 0 Å². The Morgan fingerprint density at radius 1 is 1.35 bits per heavy atom. The summed E-state index contributed by atoms with van der Waals surface area (Å²) in [6.45, 7) is 0. The molecule has 1 aromatic carbocycles. The van der Waals surface area contributed by atoms with Crippen molar-refractivity contribution in [3.05, 3.63) is 46.5 Å². The summed E-state index contributed by atoms with van der Waals surface area (Å²) in [5, 5.41) is 8.96. The van der Waals surface area contributed by atoms with Gasteiger partial charge in [0.2, 0.25) is 0 Å². The molecule has 0 aliphatic heterocycles. The maximum atomic E-state index is 11.8. The van der Waals surface area contributed by atoms with Crippen LogP contribution < -0.4 is 15.0 Å². The number of hydrogen-bond donors (Lipinski definition) is 1. The molecule has 1 N–H and O–H groups in total. The van der Waals surface area contributed by atoms with Crippen LogP contribution in [-0.4, -0.2) is 27.7 Å². The number of carboxylic acid groups (broad SMARTS) is 1. The van der Waals surface area contributed by atoms with Crippen LogP contribution in [0.3, 0.4) is 0 Å². The Labute approximate surface area is 114 Å². The Morgan fingerprint density at radius 3 is 2.75 bits per heavy atom. The smallest absolute Gasteiger partial charge is 0.335 e. The summed E-state index contributed by atoms with van der Waals surface area (Å²) in [7, 11) is 2.97. The first kappa shape index (κ1) is 13.6.